The van der Waals surface area contributed by atoms with Crippen LogP contribution in [0.4, 0.5) is 0 Å². The Kier molecular flexibility index (Phi) is 6.69. The normalized spacial score (nSPS) is 7.50. The molecule has 0 fully saturated rings. The van der Waals surface area contributed by atoms with E-state index in [2.05, 4.69) is 13.2 Å². The van der Waals surface area contributed by atoms with E-state index in [4.69, 9.17) is 10.2 Å². The molecule has 0 spiro atoms. The lowest BCUT2D eigenvalue weighted by Crippen LogP contribution is -1.92. The largest absolute Gasteiger partial charge is 0.478 e. The van der Waals surface area contributed by atoms with E-state index in [0.29, 0.717) is 0 Å². The highest BCUT2D eigenvalue weighted by atomic mass is 16.4. The van der Waals surface area contributed by atoms with Gasteiger partial charge in [0, 0.05) is 12.6 Å². The van der Waals surface area contributed by atoms with E-state index >= 15 is 0 Å². The SMILES string of the molecule is C=C(C)C(=O)O.C=C(C)C(=O)O.[HH]. The second-order valence-corrected chi connectivity index (χ2v) is 2.17. The first-order valence-electron chi connectivity index (χ1n) is 3.06. The summed E-state index contributed by atoms with van der Waals surface area (Å²) in [6.45, 7) is 9.20. The van der Waals surface area contributed by atoms with Crippen molar-refractivity contribution < 1.29 is 21.2 Å². The average Bonchev–Trinajstić information content (AvgIpc) is 1.88. The van der Waals surface area contributed by atoms with Crippen LogP contribution in [0.15, 0.2) is 24.3 Å². The zero-order valence-corrected chi connectivity index (χ0v) is 7.13. The van der Waals surface area contributed by atoms with Crippen LogP contribution in [0.3, 0.4) is 0 Å². The predicted octanol–water partition coefficient (Wildman–Crippen LogP) is 1.54. The van der Waals surface area contributed by atoms with Gasteiger partial charge in [-0.25, -0.2) is 9.59 Å². The van der Waals surface area contributed by atoms with Crippen LogP contribution in [0.5, 0.6) is 0 Å². The quantitative estimate of drug-likeness (QED) is 0.622. The van der Waals surface area contributed by atoms with Crippen molar-refractivity contribution in [2.24, 2.45) is 0 Å². The third-order valence-corrected chi connectivity index (χ3v) is 0.730. The summed E-state index contributed by atoms with van der Waals surface area (Å²) >= 11 is 0. The summed E-state index contributed by atoms with van der Waals surface area (Å²) in [5.41, 5.74) is 0.352. The topological polar surface area (TPSA) is 74.6 Å². The number of carboxylic acid groups (broad SMARTS) is 2. The second-order valence-electron chi connectivity index (χ2n) is 2.17. The molecular weight excluding hydrogens is 160 g/mol. The van der Waals surface area contributed by atoms with Crippen LogP contribution in [0.25, 0.3) is 0 Å². The van der Waals surface area contributed by atoms with E-state index in [0.717, 1.165) is 0 Å². The first-order valence-corrected chi connectivity index (χ1v) is 3.06. The van der Waals surface area contributed by atoms with Crippen LogP contribution in [-0.2, 0) is 9.59 Å². The summed E-state index contributed by atoms with van der Waals surface area (Å²) in [6.07, 6.45) is 0. The molecule has 0 radical (unpaired) electrons. The van der Waals surface area contributed by atoms with Gasteiger partial charge in [0.05, 0.1) is 0 Å². The number of hydrogen-bond donors (Lipinski definition) is 2. The van der Waals surface area contributed by atoms with Crippen LogP contribution >= 0.6 is 0 Å². The Bertz CT molecular complexity index is 172. The first-order chi connectivity index (χ1) is 5.29. The van der Waals surface area contributed by atoms with Crippen LogP contribution < -0.4 is 0 Å². The number of aliphatic carboxylic acids is 2. The molecule has 0 aliphatic rings. The minimum absolute atomic E-state index is 0. The van der Waals surface area contributed by atoms with Crippen molar-refractivity contribution >= 4 is 11.9 Å². The van der Waals surface area contributed by atoms with Crippen LogP contribution in [0.1, 0.15) is 15.3 Å². The molecule has 0 amide bonds. The van der Waals surface area contributed by atoms with E-state index in [1.165, 1.54) is 13.8 Å². The van der Waals surface area contributed by atoms with Gasteiger partial charge < -0.3 is 10.2 Å². The zero-order chi connectivity index (χ0) is 10.3. The summed E-state index contributed by atoms with van der Waals surface area (Å²) in [5.74, 6) is -1.87. The summed E-state index contributed by atoms with van der Waals surface area (Å²) < 4.78 is 0. The van der Waals surface area contributed by atoms with E-state index in [-0.39, 0.29) is 12.6 Å². The molecule has 2 N–H and O–H groups in total. The van der Waals surface area contributed by atoms with Crippen LogP contribution in [-0.4, -0.2) is 22.2 Å². The highest BCUT2D eigenvalue weighted by Crippen LogP contribution is 1.81. The fraction of sp³-hybridized carbons (Fsp3) is 0.250. The summed E-state index contributed by atoms with van der Waals surface area (Å²) in [5, 5.41) is 15.8. The Labute approximate surface area is 72.3 Å². The molecule has 0 bridgehead atoms. The zero-order valence-electron chi connectivity index (χ0n) is 7.13. The fourth-order valence-corrected chi connectivity index (χ4v) is 0. The lowest BCUT2D eigenvalue weighted by Gasteiger charge is -1.79. The minimum atomic E-state index is -0.935. The van der Waals surface area contributed by atoms with Crippen molar-refractivity contribution in [2.45, 2.75) is 13.8 Å². The number of rotatable bonds is 2. The maximum Gasteiger partial charge on any atom is 0.330 e. The molecule has 0 aromatic heterocycles. The molecule has 0 saturated heterocycles. The van der Waals surface area contributed by atoms with Gasteiger partial charge in [-0.2, -0.15) is 0 Å². The van der Waals surface area contributed by atoms with Gasteiger partial charge in [-0.3, -0.25) is 0 Å². The maximum atomic E-state index is 9.60. The Balaban J connectivity index is -0.000000143. The highest BCUT2D eigenvalue weighted by Gasteiger charge is 1.90. The Morgan fingerprint density at radius 1 is 1.00 bits per heavy atom. The third kappa shape index (κ3) is 11.2. The Morgan fingerprint density at radius 2 is 1.08 bits per heavy atom. The Morgan fingerprint density at radius 3 is 1.08 bits per heavy atom. The van der Waals surface area contributed by atoms with E-state index in [1.807, 2.05) is 0 Å². The van der Waals surface area contributed by atoms with Crippen LogP contribution in [0, 0.1) is 0 Å². The second kappa shape index (κ2) is 6.15. The smallest absolute Gasteiger partial charge is 0.330 e. The maximum absolute atomic E-state index is 9.60. The van der Waals surface area contributed by atoms with Gasteiger partial charge in [0.15, 0.2) is 0 Å². The van der Waals surface area contributed by atoms with E-state index in [1.54, 1.807) is 0 Å². The molecule has 70 valence electrons. The van der Waals surface area contributed by atoms with Crippen molar-refractivity contribution in [3.8, 4) is 0 Å². The molecule has 12 heavy (non-hydrogen) atoms. The van der Waals surface area contributed by atoms with Crippen molar-refractivity contribution in [1.82, 2.24) is 0 Å². The van der Waals surface area contributed by atoms with Gasteiger partial charge in [-0.1, -0.05) is 13.2 Å². The monoisotopic (exact) mass is 174 g/mol. The molecule has 4 nitrogen and oxygen atoms in total. The number of carbonyl (C=O) groups is 2. The van der Waals surface area contributed by atoms with Gasteiger partial charge in [0.1, 0.15) is 0 Å². The number of carboxylic acids is 2. The molecular formula is C8H14O4. The van der Waals surface area contributed by atoms with Gasteiger partial charge in [0.25, 0.3) is 0 Å². The summed E-state index contributed by atoms with van der Waals surface area (Å²) in [6, 6.07) is 0. The molecule has 0 aromatic rings. The lowest BCUT2D eigenvalue weighted by molar-refractivity contribution is -0.133. The van der Waals surface area contributed by atoms with Gasteiger partial charge in [-0.05, 0) is 13.8 Å². The summed E-state index contributed by atoms with van der Waals surface area (Å²) in [7, 11) is 0. The molecule has 0 aliphatic heterocycles. The van der Waals surface area contributed by atoms with Gasteiger partial charge in [-0.15, -0.1) is 0 Å². The predicted molar refractivity (Wildman–Crippen MR) is 47.0 cm³/mol. The first kappa shape index (κ1) is 13.0. The summed E-state index contributed by atoms with van der Waals surface area (Å²) in [4.78, 5) is 19.2. The minimum Gasteiger partial charge on any atom is -0.478 e. The molecule has 0 saturated carbocycles. The molecule has 0 unspecified atom stereocenters. The fourth-order valence-electron chi connectivity index (χ4n) is 0. The molecule has 0 atom stereocenters. The average molecular weight is 174 g/mol. The van der Waals surface area contributed by atoms with Crippen molar-refractivity contribution in [3.63, 3.8) is 0 Å². The Hall–Kier alpha value is -1.58. The number of hydrogen-bond acceptors (Lipinski definition) is 2. The molecule has 4 heteroatoms. The van der Waals surface area contributed by atoms with Gasteiger partial charge >= 0.3 is 11.9 Å². The van der Waals surface area contributed by atoms with Crippen LogP contribution in [0.2, 0.25) is 0 Å². The molecule has 0 rings (SSSR count). The van der Waals surface area contributed by atoms with E-state index in [9.17, 15) is 9.59 Å². The lowest BCUT2D eigenvalue weighted by atomic mass is 10.4. The molecule has 0 aromatic carbocycles. The van der Waals surface area contributed by atoms with E-state index < -0.39 is 11.9 Å². The third-order valence-electron chi connectivity index (χ3n) is 0.730. The molecule has 0 aliphatic carbocycles. The highest BCUT2D eigenvalue weighted by molar-refractivity contribution is 5.85. The van der Waals surface area contributed by atoms with Crippen molar-refractivity contribution in [2.75, 3.05) is 0 Å². The van der Waals surface area contributed by atoms with Gasteiger partial charge in [0.2, 0.25) is 0 Å². The molecule has 0 heterocycles. The van der Waals surface area contributed by atoms with Crippen molar-refractivity contribution in [3.05, 3.63) is 24.3 Å². The standard InChI is InChI=1S/2C4H6O2.H2/c2*1-3(2)4(5)6;/h2*1H2,2H3,(H,5,6);1H. The van der Waals surface area contributed by atoms with Crippen molar-refractivity contribution in [1.29, 1.82) is 0 Å².